The van der Waals surface area contributed by atoms with E-state index in [1.165, 1.54) is 0 Å². The lowest BCUT2D eigenvalue weighted by atomic mass is 9.83. The van der Waals surface area contributed by atoms with Crippen LogP contribution < -0.4 is 0 Å². The number of hydrogen-bond donors (Lipinski definition) is 0. The number of fused-ring (bicyclic) bond motifs is 4. The average molecular weight is 606 g/mol. The molecule has 9 rings (SSSR count). The van der Waals surface area contributed by atoms with Gasteiger partial charge in [0, 0.05) is 0 Å². The zero-order valence-corrected chi connectivity index (χ0v) is 23.5. The molecule has 0 radical (unpaired) electrons. The molecule has 0 amide bonds. The Bertz CT molecular complexity index is 3810. The van der Waals surface area contributed by atoms with Crippen molar-refractivity contribution in [1.82, 2.24) is 0 Å². The molecule has 0 unspecified atom stereocenters. The molecule has 9 aromatic carbocycles. The summed E-state index contributed by atoms with van der Waals surface area (Å²) < 4.78 is 209. The molecule has 0 heterocycles. The molecule has 46 heavy (non-hydrogen) atoms. The first-order valence-corrected chi connectivity index (χ1v) is 14.1. The molecule has 214 valence electrons. The van der Waals surface area contributed by atoms with Crippen molar-refractivity contribution < 1.29 is 31.5 Å². The SMILES string of the molecule is [2H]c1c([2H])c([2H])c(-c2c([2H])c([2H])c3c(-c4c([2H])c([2H])c(-c5ccc6ccccc6c5)c([2H])c4[2H])c4c([2H])c([2H])c([2H])c([2H])c4c(-c4c([2H])c([2H])c([2H])c5c([2H])c([2H])c([2H])c([2H])c45)c3c2[2H])c([2H])c1[2H]. The van der Waals surface area contributed by atoms with Crippen molar-refractivity contribution in [3.63, 3.8) is 0 Å². The van der Waals surface area contributed by atoms with Crippen LogP contribution in [0.1, 0.15) is 31.5 Å². The standard InChI is InChI=1S/C46H30/c1-2-11-31(12-3-1)38-27-28-43-44(30-38)46(40-20-10-16-34-14-6-7-17-39(34)40)42-19-9-8-18-41(42)45(43)35-24-21-33(22-25-35)37-26-23-32-13-4-5-15-36(32)29-37/h1-30H/i1D,2D,3D,6D,7D,8D,9D,10D,11D,12D,14D,16D,17D,18D,19D,20D,21D,22D,24D,25D,27D,28D,30D. The van der Waals surface area contributed by atoms with Crippen LogP contribution in [-0.4, -0.2) is 0 Å². The molecule has 0 spiro atoms. The Kier molecular flexibility index (Phi) is 2.86. The van der Waals surface area contributed by atoms with Gasteiger partial charge in [-0.2, -0.15) is 0 Å². The van der Waals surface area contributed by atoms with Gasteiger partial charge in [-0.1, -0.05) is 169 Å². The van der Waals surface area contributed by atoms with E-state index in [1.807, 2.05) is 12.1 Å². The highest BCUT2D eigenvalue weighted by molar-refractivity contribution is 6.24. The van der Waals surface area contributed by atoms with Crippen molar-refractivity contribution in [2.75, 3.05) is 0 Å². The molecule has 0 nitrogen and oxygen atoms in total. The summed E-state index contributed by atoms with van der Waals surface area (Å²) >= 11 is 0. The molecule has 0 bridgehead atoms. The van der Waals surface area contributed by atoms with Gasteiger partial charge in [0.05, 0.1) is 31.5 Å². The molecule has 9 aromatic rings. The topological polar surface area (TPSA) is 0 Å². The van der Waals surface area contributed by atoms with Gasteiger partial charge in [0.15, 0.2) is 0 Å². The third-order valence-corrected chi connectivity index (χ3v) is 7.73. The summed E-state index contributed by atoms with van der Waals surface area (Å²) in [5, 5.41) is -2.51. The van der Waals surface area contributed by atoms with E-state index in [0.29, 0.717) is 5.39 Å². The lowest BCUT2D eigenvalue weighted by Gasteiger charge is -2.20. The van der Waals surface area contributed by atoms with E-state index in [2.05, 4.69) is 0 Å². The van der Waals surface area contributed by atoms with E-state index in [-0.39, 0.29) is 11.1 Å². The first-order valence-electron chi connectivity index (χ1n) is 25.6. The second-order valence-electron chi connectivity index (χ2n) is 10.3. The molecule has 0 aliphatic heterocycles. The van der Waals surface area contributed by atoms with Crippen molar-refractivity contribution in [3.05, 3.63) is 181 Å². The zero-order chi connectivity index (χ0) is 50.5. The smallest absolute Gasteiger partial charge is 0.0622 e. The Morgan fingerprint density at radius 1 is 0.326 bits per heavy atom. The van der Waals surface area contributed by atoms with Gasteiger partial charge >= 0.3 is 0 Å². The Morgan fingerprint density at radius 2 is 0.935 bits per heavy atom. The van der Waals surface area contributed by atoms with Crippen molar-refractivity contribution in [1.29, 1.82) is 0 Å². The minimum absolute atomic E-state index is 0.179. The largest absolute Gasteiger partial charge is 0.0636 e. The molecular formula is C46H30. The maximum atomic E-state index is 10.0. The summed E-state index contributed by atoms with van der Waals surface area (Å²) in [5.41, 5.74) is -4.21. The fraction of sp³-hybridized carbons (Fsp3) is 0. The highest BCUT2D eigenvalue weighted by Crippen LogP contribution is 2.46. The normalized spacial score (nSPS) is 18.5. The predicted molar refractivity (Wildman–Crippen MR) is 198 cm³/mol. The molecule has 0 saturated carbocycles. The molecule has 0 fully saturated rings. The maximum absolute atomic E-state index is 10.0. The van der Waals surface area contributed by atoms with Crippen LogP contribution in [0.3, 0.4) is 0 Å². The first-order chi connectivity index (χ1) is 32.4. The minimum Gasteiger partial charge on any atom is -0.0622 e. The summed E-state index contributed by atoms with van der Waals surface area (Å²) in [4.78, 5) is 0. The second-order valence-corrected chi connectivity index (χ2v) is 10.3. The van der Waals surface area contributed by atoms with E-state index in [0.717, 1.165) is 5.39 Å². The van der Waals surface area contributed by atoms with Crippen LogP contribution in [0.15, 0.2) is 181 Å². The summed E-state index contributed by atoms with van der Waals surface area (Å²) in [6.07, 6.45) is 0. The Balaban J connectivity index is 1.64. The van der Waals surface area contributed by atoms with Gasteiger partial charge < -0.3 is 0 Å². The molecule has 0 aliphatic rings. The van der Waals surface area contributed by atoms with Gasteiger partial charge in [-0.25, -0.2) is 0 Å². The molecule has 0 heteroatoms. The van der Waals surface area contributed by atoms with Gasteiger partial charge in [-0.3, -0.25) is 0 Å². The van der Waals surface area contributed by atoms with Crippen LogP contribution in [-0.2, 0) is 0 Å². The van der Waals surface area contributed by atoms with Crippen LogP contribution in [0.25, 0.3) is 87.6 Å². The van der Waals surface area contributed by atoms with Gasteiger partial charge in [0.1, 0.15) is 0 Å². The molecule has 0 atom stereocenters. The second kappa shape index (κ2) is 10.9. The van der Waals surface area contributed by atoms with Crippen LogP contribution in [0.2, 0.25) is 0 Å². The van der Waals surface area contributed by atoms with Gasteiger partial charge in [0.2, 0.25) is 0 Å². The Labute approximate surface area is 301 Å². The Hall–Kier alpha value is -5.98. The molecule has 0 aliphatic carbocycles. The van der Waals surface area contributed by atoms with Crippen LogP contribution in [0.5, 0.6) is 0 Å². The zero-order valence-electron chi connectivity index (χ0n) is 46.5. The predicted octanol–water partition coefficient (Wildman–Crippen LogP) is 13.0. The fourth-order valence-electron chi connectivity index (χ4n) is 5.65. The lowest BCUT2D eigenvalue weighted by Crippen LogP contribution is -1.92. The summed E-state index contributed by atoms with van der Waals surface area (Å²) in [5.74, 6) is 0. The third kappa shape index (κ3) is 4.38. The summed E-state index contributed by atoms with van der Waals surface area (Å²) in [7, 11) is 0. The number of hydrogen-bond acceptors (Lipinski definition) is 0. The Morgan fingerprint density at radius 3 is 1.76 bits per heavy atom. The van der Waals surface area contributed by atoms with Crippen LogP contribution in [0, 0.1) is 0 Å². The summed E-state index contributed by atoms with van der Waals surface area (Å²) in [6, 6.07) is -8.24. The van der Waals surface area contributed by atoms with Crippen molar-refractivity contribution >= 4 is 43.1 Å². The van der Waals surface area contributed by atoms with E-state index in [1.54, 1.807) is 30.3 Å². The third-order valence-electron chi connectivity index (χ3n) is 7.73. The van der Waals surface area contributed by atoms with Crippen LogP contribution in [0.4, 0.5) is 0 Å². The molecule has 0 aromatic heterocycles. The maximum Gasteiger partial charge on any atom is 0.0636 e. The van der Waals surface area contributed by atoms with E-state index >= 15 is 0 Å². The van der Waals surface area contributed by atoms with Crippen molar-refractivity contribution in [3.8, 4) is 44.5 Å². The van der Waals surface area contributed by atoms with Gasteiger partial charge in [0.25, 0.3) is 0 Å². The van der Waals surface area contributed by atoms with Gasteiger partial charge in [-0.15, -0.1) is 0 Å². The van der Waals surface area contributed by atoms with E-state index in [4.69, 9.17) is 17.8 Å². The molecule has 0 N–H and O–H groups in total. The quantitative estimate of drug-likeness (QED) is 0.175. The fourth-order valence-corrected chi connectivity index (χ4v) is 5.65. The monoisotopic (exact) mass is 605 g/mol. The highest BCUT2D eigenvalue weighted by atomic mass is 14.2. The number of rotatable bonds is 4. The van der Waals surface area contributed by atoms with E-state index in [9.17, 15) is 13.7 Å². The van der Waals surface area contributed by atoms with Crippen molar-refractivity contribution in [2.45, 2.75) is 0 Å². The molecular weight excluding hydrogens is 553 g/mol. The molecule has 0 saturated heterocycles. The summed E-state index contributed by atoms with van der Waals surface area (Å²) in [6.45, 7) is 0. The highest BCUT2D eigenvalue weighted by Gasteiger charge is 2.19. The first kappa shape index (κ1) is 12.1. The average Bonchev–Trinajstić information content (AvgIpc) is 3.33. The van der Waals surface area contributed by atoms with Crippen LogP contribution >= 0.6 is 0 Å². The lowest BCUT2D eigenvalue weighted by molar-refractivity contribution is 1.62. The van der Waals surface area contributed by atoms with Gasteiger partial charge in [-0.05, 0) is 99.7 Å². The van der Waals surface area contributed by atoms with E-state index < -0.39 is 205 Å². The number of benzene rings is 9. The van der Waals surface area contributed by atoms with Crippen molar-refractivity contribution in [2.24, 2.45) is 0 Å². The minimum atomic E-state index is -0.998.